The van der Waals surface area contributed by atoms with Gasteiger partial charge in [0.1, 0.15) is 5.76 Å². The summed E-state index contributed by atoms with van der Waals surface area (Å²) >= 11 is 0. The number of ether oxygens (including phenoxy) is 3. The van der Waals surface area contributed by atoms with Gasteiger partial charge in [0.25, 0.3) is 0 Å². The molecule has 0 bridgehead atoms. The van der Waals surface area contributed by atoms with E-state index in [9.17, 15) is 8.78 Å². The van der Waals surface area contributed by atoms with Crippen molar-refractivity contribution in [3.05, 3.63) is 58.4 Å². The summed E-state index contributed by atoms with van der Waals surface area (Å²) in [6, 6.07) is 8.51. The molecule has 1 aromatic rings. The van der Waals surface area contributed by atoms with E-state index in [0.29, 0.717) is 25.0 Å². The van der Waals surface area contributed by atoms with Crippen LogP contribution < -0.4 is 0 Å². The molecule has 0 saturated carbocycles. The van der Waals surface area contributed by atoms with E-state index >= 15 is 0 Å². The molecule has 1 aliphatic heterocycles. The van der Waals surface area contributed by atoms with Crippen molar-refractivity contribution in [1.29, 1.82) is 0 Å². The summed E-state index contributed by atoms with van der Waals surface area (Å²) in [4.78, 5) is 0. The zero-order valence-corrected chi connectivity index (χ0v) is 18.1. The Labute approximate surface area is 173 Å². The number of aryl methyl sites for hydroxylation is 1. The second kappa shape index (κ2) is 12.1. The van der Waals surface area contributed by atoms with E-state index in [-0.39, 0.29) is 24.6 Å². The van der Waals surface area contributed by atoms with Gasteiger partial charge in [-0.3, -0.25) is 0 Å². The minimum atomic E-state index is -0.896. The highest BCUT2D eigenvalue weighted by Gasteiger charge is 2.26. The standard InChI is InChI=1S/C21H26F2O3.C3H8/c1-3-14-4-6-15(7-5-14)18-11-9-17(13-26-18)25-12-16-8-10-19(24-2)21(23)20(16)22;1-3-2/h4-7,17-18H,3,8-13H2,1-2H3;3H2,1-2H3. The van der Waals surface area contributed by atoms with Crippen LogP contribution in [0.25, 0.3) is 0 Å². The van der Waals surface area contributed by atoms with E-state index in [1.807, 2.05) is 0 Å². The molecule has 162 valence electrons. The van der Waals surface area contributed by atoms with Crippen LogP contribution in [0.15, 0.2) is 47.3 Å². The van der Waals surface area contributed by atoms with Crippen LogP contribution in [0.4, 0.5) is 8.78 Å². The number of allylic oxidation sites excluding steroid dienone is 3. The molecule has 0 amide bonds. The minimum absolute atomic E-state index is 0.0733. The first-order chi connectivity index (χ1) is 14.0. The Hall–Kier alpha value is -1.72. The predicted molar refractivity (Wildman–Crippen MR) is 112 cm³/mol. The second-order valence-electron chi connectivity index (χ2n) is 7.49. The third kappa shape index (κ3) is 6.65. The van der Waals surface area contributed by atoms with Crippen molar-refractivity contribution in [1.82, 2.24) is 0 Å². The van der Waals surface area contributed by atoms with E-state index in [1.54, 1.807) is 0 Å². The summed E-state index contributed by atoms with van der Waals surface area (Å²) in [5.74, 6) is -1.66. The maximum atomic E-state index is 14.0. The van der Waals surface area contributed by atoms with Gasteiger partial charge in [-0.1, -0.05) is 51.5 Å². The predicted octanol–water partition coefficient (Wildman–Crippen LogP) is 6.75. The molecule has 0 aromatic heterocycles. The lowest BCUT2D eigenvalue weighted by atomic mass is 9.98. The van der Waals surface area contributed by atoms with Crippen LogP contribution in [0.5, 0.6) is 0 Å². The van der Waals surface area contributed by atoms with Gasteiger partial charge in [-0.2, -0.15) is 0 Å². The van der Waals surface area contributed by atoms with Crippen molar-refractivity contribution in [3.63, 3.8) is 0 Å². The van der Waals surface area contributed by atoms with Gasteiger partial charge in [0.2, 0.25) is 0 Å². The molecule has 29 heavy (non-hydrogen) atoms. The topological polar surface area (TPSA) is 27.7 Å². The van der Waals surface area contributed by atoms with Crippen molar-refractivity contribution in [2.24, 2.45) is 0 Å². The zero-order chi connectivity index (χ0) is 21.2. The molecule has 1 aromatic carbocycles. The Morgan fingerprint density at radius 1 is 1.00 bits per heavy atom. The number of rotatable bonds is 6. The van der Waals surface area contributed by atoms with Crippen LogP contribution in [0.1, 0.15) is 70.1 Å². The smallest absolute Gasteiger partial charge is 0.196 e. The highest BCUT2D eigenvalue weighted by atomic mass is 19.2. The molecule has 5 heteroatoms. The van der Waals surface area contributed by atoms with Gasteiger partial charge in [0.05, 0.1) is 32.5 Å². The van der Waals surface area contributed by atoms with Gasteiger partial charge in [-0.25, -0.2) is 8.78 Å². The van der Waals surface area contributed by atoms with Crippen molar-refractivity contribution < 1.29 is 23.0 Å². The van der Waals surface area contributed by atoms with Crippen molar-refractivity contribution >= 4 is 0 Å². The van der Waals surface area contributed by atoms with Crippen LogP contribution in [0, 0.1) is 0 Å². The Morgan fingerprint density at radius 3 is 2.24 bits per heavy atom. The van der Waals surface area contributed by atoms with Crippen molar-refractivity contribution in [2.45, 2.75) is 71.5 Å². The molecule has 0 N–H and O–H groups in total. The largest absolute Gasteiger partial charge is 0.498 e. The molecule has 2 aliphatic rings. The van der Waals surface area contributed by atoms with Crippen molar-refractivity contribution in [2.75, 3.05) is 20.3 Å². The quantitative estimate of drug-likeness (QED) is 0.521. The average Bonchev–Trinajstić information content (AvgIpc) is 2.76. The Balaban J connectivity index is 0.000000941. The summed E-state index contributed by atoms with van der Waals surface area (Å²) in [5, 5.41) is 0. The van der Waals surface area contributed by atoms with E-state index in [4.69, 9.17) is 14.2 Å². The molecule has 0 radical (unpaired) electrons. The molecule has 3 rings (SSSR count). The molecule has 2 atom stereocenters. The van der Waals surface area contributed by atoms with Gasteiger partial charge in [-0.05, 0) is 42.4 Å². The maximum Gasteiger partial charge on any atom is 0.196 e. The highest BCUT2D eigenvalue weighted by Crippen LogP contribution is 2.34. The molecule has 1 heterocycles. The monoisotopic (exact) mass is 408 g/mol. The molecule has 1 saturated heterocycles. The first-order valence-electron chi connectivity index (χ1n) is 10.7. The normalized spacial score (nSPS) is 22.3. The lowest BCUT2D eigenvalue weighted by Crippen LogP contribution is -2.28. The maximum absolute atomic E-state index is 14.0. The lowest BCUT2D eigenvalue weighted by Gasteiger charge is -2.30. The fourth-order valence-electron chi connectivity index (χ4n) is 3.40. The van der Waals surface area contributed by atoms with E-state index in [2.05, 4.69) is 45.0 Å². The van der Waals surface area contributed by atoms with Gasteiger partial charge in [-0.15, -0.1) is 0 Å². The van der Waals surface area contributed by atoms with Crippen LogP contribution >= 0.6 is 0 Å². The zero-order valence-electron chi connectivity index (χ0n) is 18.1. The molecule has 3 nitrogen and oxygen atoms in total. The van der Waals surface area contributed by atoms with E-state index < -0.39 is 11.7 Å². The minimum Gasteiger partial charge on any atom is -0.498 e. The average molecular weight is 409 g/mol. The Kier molecular flexibility index (Phi) is 9.82. The Bertz CT molecular complexity index is 687. The van der Waals surface area contributed by atoms with Crippen LogP contribution in [0.3, 0.4) is 0 Å². The first kappa shape index (κ1) is 23.6. The van der Waals surface area contributed by atoms with Gasteiger partial charge in [0, 0.05) is 6.42 Å². The Morgan fingerprint density at radius 2 is 1.69 bits per heavy atom. The molecular formula is C24H34F2O3. The summed E-state index contributed by atoms with van der Waals surface area (Å²) in [7, 11) is 1.36. The summed E-state index contributed by atoms with van der Waals surface area (Å²) in [6.45, 7) is 6.95. The van der Waals surface area contributed by atoms with E-state index in [0.717, 1.165) is 19.3 Å². The third-order valence-corrected chi connectivity index (χ3v) is 5.14. The van der Waals surface area contributed by atoms with E-state index in [1.165, 1.54) is 24.7 Å². The first-order valence-corrected chi connectivity index (χ1v) is 10.7. The molecule has 1 aliphatic carbocycles. The third-order valence-electron chi connectivity index (χ3n) is 5.14. The molecule has 2 unspecified atom stereocenters. The number of benzene rings is 1. The van der Waals surface area contributed by atoms with Gasteiger partial charge >= 0.3 is 0 Å². The van der Waals surface area contributed by atoms with Gasteiger partial charge in [0.15, 0.2) is 11.7 Å². The highest BCUT2D eigenvalue weighted by molar-refractivity contribution is 5.32. The fourth-order valence-corrected chi connectivity index (χ4v) is 3.40. The summed E-state index contributed by atoms with van der Waals surface area (Å²) < 4.78 is 44.4. The number of methoxy groups -OCH3 is 1. The number of halogens is 2. The van der Waals surface area contributed by atoms with Crippen molar-refractivity contribution in [3.8, 4) is 0 Å². The fraction of sp³-hybridized carbons (Fsp3) is 0.583. The number of hydrogen-bond acceptors (Lipinski definition) is 3. The summed E-state index contributed by atoms with van der Waals surface area (Å²) in [5.41, 5.74) is 2.85. The van der Waals surface area contributed by atoms with Gasteiger partial charge < -0.3 is 14.2 Å². The second-order valence-corrected chi connectivity index (χ2v) is 7.49. The van der Waals surface area contributed by atoms with Crippen LogP contribution in [-0.4, -0.2) is 26.4 Å². The molecule has 0 spiro atoms. The summed E-state index contributed by atoms with van der Waals surface area (Å²) in [6.07, 6.45) is 4.76. The molecular weight excluding hydrogens is 374 g/mol. The number of hydrogen-bond donors (Lipinski definition) is 0. The molecule has 1 fully saturated rings. The van der Waals surface area contributed by atoms with Crippen LogP contribution in [-0.2, 0) is 20.6 Å². The lowest BCUT2D eigenvalue weighted by molar-refractivity contribution is -0.0825. The SMILES string of the molecule is CCC.CCc1ccc(C2CCC(OCC3=C(F)C(F)=C(OC)CC3)CO2)cc1. The van der Waals surface area contributed by atoms with Crippen LogP contribution in [0.2, 0.25) is 0 Å².